The number of isocyanates is 1. The average Bonchev–Trinajstić information content (AvgIpc) is 3.21. The molecule has 3 N–H and O–H groups in total. The Labute approximate surface area is 165 Å². The number of carbonyl (C=O) groups excluding carboxylic acids is 1. The van der Waals surface area contributed by atoms with Gasteiger partial charge in [0.05, 0.1) is 11.8 Å². The number of aliphatic hydroxyl groups excluding tert-OH is 1. The van der Waals surface area contributed by atoms with E-state index in [9.17, 15) is 18.3 Å². The number of hydrogen-bond donors (Lipinski definition) is 2. The summed E-state index contributed by atoms with van der Waals surface area (Å²) in [5.41, 5.74) is 5.64. The quantitative estimate of drug-likeness (QED) is 0.518. The van der Waals surface area contributed by atoms with Crippen molar-refractivity contribution in [1.82, 2.24) is 4.90 Å². The molecule has 152 valence electrons. The van der Waals surface area contributed by atoms with Gasteiger partial charge in [0.2, 0.25) is 16.1 Å². The predicted octanol–water partition coefficient (Wildman–Crippen LogP) is 0.971. The molecular formula is C20H27N3O4S. The molecule has 28 heavy (non-hydrogen) atoms. The zero-order valence-corrected chi connectivity index (χ0v) is 16.7. The van der Waals surface area contributed by atoms with Gasteiger partial charge in [0, 0.05) is 13.1 Å². The number of primary sulfonamides is 1. The number of aliphatic imine (C=N–C) groups is 1. The molecule has 3 aliphatic rings. The summed E-state index contributed by atoms with van der Waals surface area (Å²) in [5, 5.41) is 15.4. The molecule has 0 saturated carbocycles. The second-order valence-electron chi connectivity index (χ2n) is 8.41. The number of sulfonamides is 1. The molecule has 1 saturated heterocycles. The van der Waals surface area contributed by atoms with Crippen molar-refractivity contribution in [3.63, 3.8) is 0 Å². The maximum atomic E-state index is 11.3. The largest absolute Gasteiger partial charge is 0.393 e. The summed E-state index contributed by atoms with van der Waals surface area (Å²) in [5.74, 6) is 0.145. The normalized spacial score (nSPS) is 23.0. The number of aryl methyl sites for hydroxylation is 1. The zero-order valence-electron chi connectivity index (χ0n) is 15.9. The van der Waals surface area contributed by atoms with Gasteiger partial charge in [-0.15, -0.1) is 0 Å². The molecule has 0 spiro atoms. The van der Waals surface area contributed by atoms with Gasteiger partial charge in [-0.25, -0.2) is 18.4 Å². The van der Waals surface area contributed by atoms with Gasteiger partial charge in [0.1, 0.15) is 5.25 Å². The number of benzene rings is 1. The van der Waals surface area contributed by atoms with Gasteiger partial charge in [-0.05, 0) is 79.7 Å². The molecule has 1 aliphatic heterocycles. The summed E-state index contributed by atoms with van der Waals surface area (Å²) in [4.78, 5) is 17.0. The molecule has 0 bridgehead atoms. The van der Waals surface area contributed by atoms with Crippen LogP contribution in [0.1, 0.15) is 41.5 Å². The van der Waals surface area contributed by atoms with Crippen molar-refractivity contribution < 1.29 is 18.3 Å². The molecule has 0 amide bonds. The van der Waals surface area contributed by atoms with E-state index in [1.54, 1.807) is 6.08 Å². The lowest BCUT2D eigenvalue weighted by atomic mass is 9.95. The van der Waals surface area contributed by atoms with Crippen molar-refractivity contribution in [3.05, 3.63) is 28.3 Å². The third kappa shape index (κ3) is 3.80. The topological polar surface area (TPSA) is 113 Å². The molecule has 1 aromatic rings. The van der Waals surface area contributed by atoms with Crippen LogP contribution in [0.5, 0.6) is 0 Å². The first kappa shape index (κ1) is 19.7. The number of aliphatic hydroxyl groups is 1. The van der Waals surface area contributed by atoms with Crippen molar-refractivity contribution in [2.24, 2.45) is 16.0 Å². The molecule has 2 aliphatic carbocycles. The smallest absolute Gasteiger partial charge is 0.240 e. The molecule has 8 heteroatoms. The molecular weight excluding hydrogens is 378 g/mol. The van der Waals surface area contributed by atoms with Gasteiger partial charge in [0.25, 0.3) is 0 Å². The highest BCUT2D eigenvalue weighted by Crippen LogP contribution is 2.42. The number of rotatable bonds is 7. The average molecular weight is 406 g/mol. The van der Waals surface area contributed by atoms with Crippen LogP contribution in [-0.2, 0) is 40.5 Å². The second kappa shape index (κ2) is 7.69. The lowest BCUT2D eigenvalue weighted by molar-refractivity contribution is 0.0920. The highest BCUT2D eigenvalue weighted by atomic mass is 32.2. The van der Waals surface area contributed by atoms with Crippen LogP contribution in [0.3, 0.4) is 0 Å². The third-order valence-corrected chi connectivity index (χ3v) is 7.81. The fourth-order valence-corrected chi connectivity index (χ4v) is 5.82. The van der Waals surface area contributed by atoms with Crippen LogP contribution in [0.2, 0.25) is 0 Å². The molecule has 2 atom stereocenters. The minimum absolute atomic E-state index is 0.145. The lowest BCUT2D eigenvalue weighted by Crippen LogP contribution is -2.56. The fraction of sp³-hybridized carbons (Fsp3) is 0.650. The van der Waals surface area contributed by atoms with Gasteiger partial charge in [0.15, 0.2) is 0 Å². The standard InChI is InChI=1S/C20H27N3O4S/c21-28(26,27)16-10-23(11-16)6-2-5-19(25)15-8-14-7-13-3-1-4-17(13)20(22-12-24)18(14)9-15/h7,15-16,19,25H,1-6,8-11H2,(H2,21,26,27). The first-order valence-corrected chi connectivity index (χ1v) is 11.6. The van der Waals surface area contributed by atoms with Crippen LogP contribution in [0, 0.1) is 5.92 Å². The Morgan fingerprint density at radius 2 is 2.04 bits per heavy atom. The molecule has 2 unspecified atom stereocenters. The van der Waals surface area contributed by atoms with Crippen LogP contribution in [-0.4, -0.2) is 55.5 Å². The van der Waals surface area contributed by atoms with Crippen LogP contribution < -0.4 is 5.14 Å². The summed E-state index contributed by atoms with van der Waals surface area (Å²) >= 11 is 0. The first-order chi connectivity index (χ1) is 13.4. The molecule has 4 rings (SSSR count). The maximum Gasteiger partial charge on any atom is 0.240 e. The number of nitrogens with zero attached hydrogens (tertiary/aromatic N) is 2. The van der Waals surface area contributed by atoms with E-state index in [4.69, 9.17) is 5.14 Å². The summed E-state index contributed by atoms with van der Waals surface area (Å²) in [7, 11) is -3.42. The number of likely N-dealkylation sites (tertiary alicyclic amines) is 1. The summed E-state index contributed by atoms with van der Waals surface area (Å²) in [6.07, 6.45) is 7.48. The predicted molar refractivity (Wildman–Crippen MR) is 106 cm³/mol. The van der Waals surface area contributed by atoms with Crippen molar-refractivity contribution in [2.75, 3.05) is 19.6 Å². The Hall–Kier alpha value is -1.57. The number of fused-ring (bicyclic) bond motifs is 2. The molecule has 1 heterocycles. The van der Waals surface area contributed by atoms with Crippen molar-refractivity contribution in [2.45, 2.75) is 56.3 Å². The lowest BCUT2D eigenvalue weighted by Gasteiger charge is -2.37. The Kier molecular flexibility index (Phi) is 5.42. The Balaban J connectivity index is 1.32. The van der Waals surface area contributed by atoms with Crippen LogP contribution in [0.15, 0.2) is 11.1 Å². The van der Waals surface area contributed by atoms with Crippen molar-refractivity contribution >= 4 is 21.8 Å². The van der Waals surface area contributed by atoms with E-state index in [2.05, 4.69) is 16.0 Å². The maximum absolute atomic E-state index is 11.3. The number of nitrogens with two attached hydrogens (primary N) is 1. The fourth-order valence-electron chi connectivity index (χ4n) is 4.98. The van der Waals surface area contributed by atoms with Gasteiger partial charge < -0.3 is 10.0 Å². The Bertz CT molecular complexity index is 918. The van der Waals surface area contributed by atoms with Crippen molar-refractivity contribution in [1.29, 1.82) is 0 Å². The molecule has 0 aromatic heterocycles. The van der Waals surface area contributed by atoms with Gasteiger partial charge in [-0.3, -0.25) is 0 Å². The number of hydrogen-bond acceptors (Lipinski definition) is 6. The highest BCUT2D eigenvalue weighted by molar-refractivity contribution is 7.89. The minimum Gasteiger partial charge on any atom is -0.393 e. The van der Waals surface area contributed by atoms with Crippen LogP contribution >= 0.6 is 0 Å². The van der Waals surface area contributed by atoms with E-state index in [0.29, 0.717) is 19.5 Å². The third-order valence-electron chi connectivity index (χ3n) is 6.58. The Morgan fingerprint density at radius 1 is 1.25 bits per heavy atom. The van der Waals surface area contributed by atoms with E-state index in [1.165, 1.54) is 16.7 Å². The molecule has 0 radical (unpaired) electrons. The van der Waals surface area contributed by atoms with E-state index in [1.807, 2.05) is 0 Å². The minimum atomic E-state index is -3.42. The second-order valence-corrected chi connectivity index (χ2v) is 10.3. The van der Waals surface area contributed by atoms with Crippen molar-refractivity contribution in [3.8, 4) is 0 Å². The highest BCUT2D eigenvalue weighted by Gasteiger charge is 2.35. The Morgan fingerprint density at radius 3 is 2.75 bits per heavy atom. The van der Waals surface area contributed by atoms with Gasteiger partial charge >= 0.3 is 0 Å². The molecule has 1 fully saturated rings. The van der Waals surface area contributed by atoms with E-state index in [-0.39, 0.29) is 5.92 Å². The van der Waals surface area contributed by atoms with E-state index >= 15 is 0 Å². The van der Waals surface area contributed by atoms with E-state index < -0.39 is 21.4 Å². The monoisotopic (exact) mass is 405 g/mol. The molecule has 7 nitrogen and oxygen atoms in total. The van der Waals surface area contributed by atoms with Crippen LogP contribution in [0.25, 0.3) is 0 Å². The van der Waals surface area contributed by atoms with Gasteiger partial charge in [-0.2, -0.15) is 4.99 Å². The summed E-state index contributed by atoms with van der Waals surface area (Å²) in [6.45, 7) is 1.75. The molecule has 1 aromatic carbocycles. The van der Waals surface area contributed by atoms with E-state index in [0.717, 1.165) is 56.3 Å². The van der Waals surface area contributed by atoms with Gasteiger partial charge in [-0.1, -0.05) is 6.07 Å². The summed E-state index contributed by atoms with van der Waals surface area (Å²) in [6, 6.07) is 2.25. The SMILES string of the molecule is NS(=O)(=O)C1CN(CCCC(O)C2Cc3cc4c(c(N=C=O)c3C2)CCC4)C1. The van der Waals surface area contributed by atoms with Crippen LogP contribution in [0.4, 0.5) is 5.69 Å². The summed E-state index contributed by atoms with van der Waals surface area (Å²) < 4.78 is 22.5. The first-order valence-electron chi connectivity index (χ1n) is 10.0. The zero-order chi connectivity index (χ0) is 19.9.